The first-order valence-corrected chi connectivity index (χ1v) is 4.15. The maximum absolute atomic E-state index is 5.39. The second-order valence-corrected chi connectivity index (χ2v) is 2.92. The zero-order chi connectivity index (χ0) is 8.27. The van der Waals surface area contributed by atoms with Crippen LogP contribution in [0.15, 0.2) is 12.2 Å². The molecule has 0 bridgehead atoms. The van der Waals surface area contributed by atoms with Crippen LogP contribution in [0.25, 0.3) is 0 Å². The lowest BCUT2D eigenvalue weighted by atomic mass is 10.4. The maximum Gasteiger partial charge on any atom is 0.154 e. The average molecular weight is 156 g/mol. The van der Waals surface area contributed by atoms with Crippen molar-refractivity contribution in [2.75, 3.05) is 13.2 Å². The summed E-state index contributed by atoms with van der Waals surface area (Å²) in [6.07, 6.45) is 1.08. The highest BCUT2D eigenvalue weighted by molar-refractivity contribution is 5.18. The van der Waals surface area contributed by atoms with Gasteiger partial charge in [0.25, 0.3) is 0 Å². The van der Waals surface area contributed by atoms with E-state index in [1.165, 1.54) is 5.57 Å². The highest BCUT2D eigenvalue weighted by atomic mass is 16.7. The topological polar surface area (TPSA) is 18.5 Å². The molecule has 0 aromatic heterocycles. The van der Waals surface area contributed by atoms with Gasteiger partial charge in [-0.05, 0) is 20.3 Å². The Kier molecular flexibility index (Phi) is 3.09. The zero-order valence-electron chi connectivity index (χ0n) is 7.30. The van der Waals surface area contributed by atoms with Gasteiger partial charge in [0.15, 0.2) is 6.29 Å². The molecule has 0 spiro atoms. The van der Waals surface area contributed by atoms with E-state index in [1.807, 2.05) is 13.8 Å². The molecule has 0 radical (unpaired) electrons. The third-order valence-corrected chi connectivity index (χ3v) is 1.86. The van der Waals surface area contributed by atoms with Gasteiger partial charge < -0.3 is 9.47 Å². The molecular formula is C9H16O2. The van der Waals surface area contributed by atoms with Crippen LogP contribution in [-0.4, -0.2) is 19.5 Å². The molecule has 2 heteroatoms. The summed E-state index contributed by atoms with van der Waals surface area (Å²) in [4.78, 5) is 0. The summed E-state index contributed by atoms with van der Waals surface area (Å²) in [5, 5.41) is 0. The maximum atomic E-state index is 5.39. The number of ether oxygens (including phenoxy) is 2. The van der Waals surface area contributed by atoms with Gasteiger partial charge in [-0.1, -0.05) is 12.2 Å². The normalized spacial score (nSPS) is 25.3. The summed E-state index contributed by atoms with van der Waals surface area (Å²) < 4.78 is 10.6. The Morgan fingerprint density at radius 2 is 2.27 bits per heavy atom. The van der Waals surface area contributed by atoms with Gasteiger partial charge in [-0.3, -0.25) is 0 Å². The molecule has 1 aliphatic rings. The molecule has 0 aromatic carbocycles. The van der Waals surface area contributed by atoms with Crippen molar-refractivity contribution in [3.63, 3.8) is 0 Å². The van der Waals surface area contributed by atoms with E-state index >= 15 is 0 Å². The second-order valence-electron chi connectivity index (χ2n) is 2.92. The van der Waals surface area contributed by atoms with Crippen LogP contribution in [0.2, 0.25) is 0 Å². The van der Waals surface area contributed by atoms with Crippen molar-refractivity contribution >= 4 is 0 Å². The lowest BCUT2D eigenvalue weighted by molar-refractivity contribution is -0.129. The molecule has 1 fully saturated rings. The summed E-state index contributed by atoms with van der Waals surface area (Å²) in [6.45, 7) is 9.24. The molecule has 1 saturated carbocycles. The standard InChI is InChI=1S/C9H16O2/c1-4-10-8(3)11-6-9-5-7(9)2/h8-9H,2,4-6H2,1,3H3/t8-,9-/m0/s1. The average Bonchev–Trinajstić information content (AvgIpc) is 2.63. The van der Waals surface area contributed by atoms with Crippen LogP contribution in [0.4, 0.5) is 0 Å². The van der Waals surface area contributed by atoms with E-state index in [-0.39, 0.29) is 6.29 Å². The molecule has 0 saturated heterocycles. The van der Waals surface area contributed by atoms with Crippen molar-refractivity contribution in [2.24, 2.45) is 5.92 Å². The minimum Gasteiger partial charge on any atom is -0.353 e. The molecule has 11 heavy (non-hydrogen) atoms. The quantitative estimate of drug-likeness (QED) is 0.447. The minimum atomic E-state index is -0.0617. The van der Waals surface area contributed by atoms with Gasteiger partial charge in [-0.2, -0.15) is 0 Å². The van der Waals surface area contributed by atoms with Crippen molar-refractivity contribution < 1.29 is 9.47 Å². The van der Waals surface area contributed by atoms with Gasteiger partial charge in [0.1, 0.15) is 0 Å². The summed E-state index contributed by atoms with van der Waals surface area (Å²) in [5.74, 6) is 0.609. The molecule has 0 heterocycles. The lowest BCUT2D eigenvalue weighted by Crippen LogP contribution is -2.14. The van der Waals surface area contributed by atoms with Gasteiger partial charge in [0.05, 0.1) is 6.61 Å². The molecule has 1 aliphatic carbocycles. The molecule has 64 valence electrons. The van der Waals surface area contributed by atoms with Gasteiger partial charge in [0.2, 0.25) is 0 Å². The molecule has 0 aliphatic heterocycles. The van der Waals surface area contributed by atoms with E-state index in [4.69, 9.17) is 9.47 Å². The van der Waals surface area contributed by atoms with Crippen LogP contribution in [0.5, 0.6) is 0 Å². The fourth-order valence-corrected chi connectivity index (χ4v) is 0.969. The molecule has 0 aromatic rings. The molecule has 2 nitrogen and oxygen atoms in total. The van der Waals surface area contributed by atoms with E-state index in [0.717, 1.165) is 13.0 Å². The highest BCUT2D eigenvalue weighted by Crippen LogP contribution is 2.35. The Hall–Kier alpha value is -0.340. The second kappa shape index (κ2) is 3.88. The van der Waals surface area contributed by atoms with Crippen molar-refractivity contribution in [3.8, 4) is 0 Å². The fourth-order valence-electron chi connectivity index (χ4n) is 0.969. The van der Waals surface area contributed by atoms with E-state index in [0.29, 0.717) is 12.5 Å². The zero-order valence-corrected chi connectivity index (χ0v) is 7.30. The molecule has 0 unspecified atom stereocenters. The van der Waals surface area contributed by atoms with Gasteiger partial charge >= 0.3 is 0 Å². The molecule has 0 N–H and O–H groups in total. The van der Waals surface area contributed by atoms with Gasteiger partial charge in [-0.15, -0.1) is 0 Å². The molecule has 0 amide bonds. The first-order chi connectivity index (χ1) is 5.24. The number of hydrogen-bond acceptors (Lipinski definition) is 2. The van der Waals surface area contributed by atoms with Crippen molar-refractivity contribution in [1.29, 1.82) is 0 Å². The molecule has 1 rings (SSSR count). The Morgan fingerprint density at radius 3 is 2.73 bits per heavy atom. The van der Waals surface area contributed by atoms with Crippen LogP contribution >= 0.6 is 0 Å². The van der Waals surface area contributed by atoms with Crippen LogP contribution < -0.4 is 0 Å². The third-order valence-electron chi connectivity index (χ3n) is 1.86. The minimum absolute atomic E-state index is 0.0617. The van der Waals surface area contributed by atoms with Crippen molar-refractivity contribution in [1.82, 2.24) is 0 Å². The van der Waals surface area contributed by atoms with Crippen LogP contribution in [-0.2, 0) is 9.47 Å². The Labute approximate surface area is 68.2 Å². The van der Waals surface area contributed by atoms with E-state index < -0.39 is 0 Å². The number of hydrogen-bond donors (Lipinski definition) is 0. The highest BCUT2D eigenvalue weighted by Gasteiger charge is 2.27. The Balaban J connectivity index is 1.98. The van der Waals surface area contributed by atoms with Crippen molar-refractivity contribution in [3.05, 3.63) is 12.2 Å². The van der Waals surface area contributed by atoms with Gasteiger partial charge in [0, 0.05) is 12.5 Å². The summed E-state index contributed by atoms with van der Waals surface area (Å²) in [5.41, 5.74) is 1.31. The monoisotopic (exact) mass is 156 g/mol. The summed E-state index contributed by atoms with van der Waals surface area (Å²) in [6, 6.07) is 0. The van der Waals surface area contributed by atoms with E-state index in [1.54, 1.807) is 0 Å². The predicted octanol–water partition coefficient (Wildman–Crippen LogP) is 1.96. The fraction of sp³-hybridized carbons (Fsp3) is 0.778. The lowest BCUT2D eigenvalue weighted by Gasteiger charge is -2.11. The number of rotatable bonds is 5. The van der Waals surface area contributed by atoms with Crippen molar-refractivity contribution in [2.45, 2.75) is 26.6 Å². The van der Waals surface area contributed by atoms with Crippen LogP contribution in [0, 0.1) is 5.92 Å². The van der Waals surface area contributed by atoms with E-state index in [9.17, 15) is 0 Å². The first kappa shape index (κ1) is 8.75. The van der Waals surface area contributed by atoms with Gasteiger partial charge in [-0.25, -0.2) is 0 Å². The SMILES string of the molecule is C=C1C[C@H]1CO[C@@H](C)OCC. The Bertz CT molecular complexity index is 142. The molecule has 2 atom stereocenters. The summed E-state index contributed by atoms with van der Waals surface area (Å²) >= 11 is 0. The van der Waals surface area contributed by atoms with Crippen LogP contribution in [0.3, 0.4) is 0 Å². The largest absolute Gasteiger partial charge is 0.353 e. The smallest absolute Gasteiger partial charge is 0.154 e. The van der Waals surface area contributed by atoms with E-state index in [2.05, 4.69) is 6.58 Å². The molecular weight excluding hydrogens is 140 g/mol. The van der Waals surface area contributed by atoms with Crippen LogP contribution in [0.1, 0.15) is 20.3 Å². The Morgan fingerprint density at radius 1 is 1.64 bits per heavy atom. The first-order valence-electron chi connectivity index (χ1n) is 4.15. The summed E-state index contributed by atoms with van der Waals surface area (Å²) in [7, 11) is 0. The predicted molar refractivity (Wildman–Crippen MR) is 44.3 cm³/mol. The third kappa shape index (κ3) is 3.04.